The summed E-state index contributed by atoms with van der Waals surface area (Å²) in [5.41, 5.74) is 8.37. The Labute approximate surface area is 91.5 Å². The lowest BCUT2D eigenvalue weighted by Gasteiger charge is -2.20. The molecule has 1 aromatic carbocycles. The van der Waals surface area contributed by atoms with Crippen molar-refractivity contribution in [1.82, 2.24) is 0 Å². The quantitative estimate of drug-likeness (QED) is 0.753. The molecule has 2 N–H and O–H groups in total. The van der Waals surface area contributed by atoms with Crippen LogP contribution in [0.4, 0.5) is 0 Å². The number of nitrogens with two attached hydrogens (primary N) is 1. The minimum atomic E-state index is 0.0126. The van der Waals surface area contributed by atoms with Gasteiger partial charge in [-0.3, -0.25) is 4.79 Å². The van der Waals surface area contributed by atoms with Crippen molar-refractivity contribution in [3.63, 3.8) is 0 Å². The number of carbonyl (C=O) groups excluding carboxylic acids is 1. The van der Waals surface area contributed by atoms with Gasteiger partial charge < -0.3 is 5.73 Å². The molecule has 2 heteroatoms. The summed E-state index contributed by atoms with van der Waals surface area (Å²) in [4.78, 5) is 11.6. The minimum absolute atomic E-state index is 0.0126. The van der Waals surface area contributed by atoms with Gasteiger partial charge in [-0.2, -0.15) is 0 Å². The second-order valence-electron chi connectivity index (χ2n) is 4.91. The normalized spacial score (nSPS) is 11.5. The molecule has 0 aliphatic heterocycles. The Hall–Kier alpha value is -1.15. The van der Waals surface area contributed by atoms with E-state index in [0.717, 1.165) is 11.1 Å². The topological polar surface area (TPSA) is 43.1 Å². The van der Waals surface area contributed by atoms with Crippen LogP contribution in [0.2, 0.25) is 0 Å². The molecule has 0 aliphatic carbocycles. The molecule has 0 unspecified atom stereocenters. The first kappa shape index (κ1) is 11.9. The highest BCUT2D eigenvalue weighted by Crippen LogP contribution is 2.24. The van der Waals surface area contributed by atoms with E-state index in [2.05, 4.69) is 26.8 Å². The van der Waals surface area contributed by atoms with Crippen molar-refractivity contribution in [2.24, 2.45) is 5.73 Å². The van der Waals surface area contributed by atoms with Gasteiger partial charge in [0.1, 0.15) is 0 Å². The zero-order chi connectivity index (χ0) is 11.6. The van der Waals surface area contributed by atoms with Crippen LogP contribution in [0.1, 0.15) is 42.3 Å². The van der Waals surface area contributed by atoms with E-state index in [1.165, 1.54) is 5.56 Å². The first-order valence-electron chi connectivity index (χ1n) is 5.20. The lowest BCUT2D eigenvalue weighted by atomic mass is 9.85. The average Bonchev–Trinajstić information content (AvgIpc) is 2.15. The number of rotatable bonds is 2. The molecule has 0 fully saturated rings. The molecule has 0 spiro atoms. The molecule has 1 aromatic rings. The molecule has 0 aliphatic rings. The predicted molar refractivity (Wildman–Crippen MR) is 63.3 cm³/mol. The molecular weight excluding hydrogens is 186 g/mol. The van der Waals surface area contributed by atoms with Crippen molar-refractivity contribution in [2.45, 2.75) is 33.1 Å². The zero-order valence-electron chi connectivity index (χ0n) is 9.92. The van der Waals surface area contributed by atoms with E-state index in [-0.39, 0.29) is 17.7 Å². The molecule has 0 saturated heterocycles. The van der Waals surface area contributed by atoms with Crippen molar-refractivity contribution in [1.29, 1.82) is 0 Å². The highest BCUT2D eigenvalue weighted by molar-refractivity contribution is 5.99. The molecule has 0 saturated carbocycles. The van der Waals surface area contributed by atoms with Crippen LogP contribution in [-0.2, 0) is 5.41 Å². The smallest absolute Gasteiger partial charge is 0.176 e. The van der Waals surface area contributed by atoms with Gasteiger partial charge >= 0.3 is 0 Å². The summed E-state index contributed by atoms with van der Waals surface area (Å²) < 4.78 is 0. The Morgan fingerprint density at radius 3 is 2.40 bits per heavy atom. The molecule has 15 heavy (non-hydrogen) atoms. The number of ketones is 1. The lowest BCUT2D eigenvalue weighted by Crippen LogP contribution is -2.17. The molecule has 0 bridgehead atoms. The Kier molecular flexibility index (Phi) is 3.30. The molecular formula is C13H19NO. The number of hydrogen-bond donors (Lipinski definition) is 1. The van der Waals surface area contributed by atoms with Gasteiger partial charge in [0.05, 0.1) is 6.54 Å². The van der Waals surface area contributed by atoms with Crippen LogP contribution in [0.15, 0.2) is 18.2 Å². The number of Topliss-reactive ketones (excluding diaryl/α,β-unsaturated/α-hetero) is 1. The maximum absolute atomic E-state index is 11.6. The molecule has 0 radical (unpaired) electrons. The van der Waals surface area contributed by atoms with Gasteiger partial charge in [-0.25, -0.2) is 0 Å². The van der Waals surface area contributed by atoms with Crippen LogP contribution < -0.4 is 5.73 Å². The van der Waals surface area contributed by atoms with Gasteiger partial charge in [-0.15, -0.1) is 0 Å². The summed E-state index contributed by atoms with van der Waals surface area (Å²) in [6.45, 7) is 8.42. The number of benzene rings is 1. The van der Waals surface area contributed by atoms with Crippen molar-refractivity contribution in [3.8, 4) is 0 Å². The Morgan fingerprint density at radius 1 is 1.33 bits per heavy atom. The third-order valence-electron chi connectivity index (χ3n) is 2.59. The second kappa shape index (κ2) is 4.15. The number of carbonyl (C=O) groups is 1. The average molecular weight is 205 g/mol. The third kappa shape index (κ3) is 2.66. The molecule has 0 amide bonds. The second-order valence-corrected chi connectivity index (χ2v) is 4.91. The van der Waals surface area contributed by atoms with Crippen LogP contribution in [0.25, 0.3) is 0 Å². The molecule has 0 atom stereocenters. The number of hydrogen-bond acceptors (Lipinski definition) is 2. The van der Waals surface area contributed by atoms with Crippen LogP contribution in [0.5, 0.6) is 0 Å². The lowest BCUT2D eigenvalue weighted by molar-refractivity contribution is 0.100. The van der Waals surface area contributed by atoms with E-state index in [0.29, 0.717) is 0 Å². The van der Waals surface area contributed by atoms with Crippen molar-refractivity contribution in [3.05, 3.63) is 34.9 Å². The van der Waals surface area contributed by atoms with Crippen LogP contribution in [-0.4, -0.2) is 12.3 Å². The van der Waals surface area contributed by atoms with Crippen molar-refractivity contribution < 1.29 is 4.79 Å². The monoisotopic (exact) mass is 205 g/mol. The summed E-state index contributed by atoms with van der Waals surface area (Å²) in [7, 11) is 0. The van der Waals surface area contributed by atoms with E-state index in [1.54, 1.807) is 0 Å². The van der Waals surface area contributed by atoms with E-state index >= 15 is 0 Å². The summed E-state index contributed by atoms with van der Waals surface area (Å²) in [6.07, 6.45) is 0. The highest BCUT2D eigenvalue weighted by atomic mass is 16.1. The predicted octanol–water partition coefficient (Wildman–Crippen LogP) is 2.43. The fourth-order valence-corrected chi connectivity index (χ4v) is 1.50. The largest absolute Gasteiger partial charge is 0.324 e. The first-order valence-corrected chi connectivity index (χ1v) is 5.20. The standard InChI is InChI=1S/C13H19NO/c1-9-5-6-10(13(2,3)4)7-11(9)12(15)8-14/h5-7H,8,14H2,1-4H3. The van der Waals surface area contributed by atoms with Gasteiger partial charge in [0.25, 0.3) is 0 Å². The zero-order valence-corrected chi connectivity index (χ0v) is 9.92. The summed E-state index contributed by atoms with van der Waals surface area (Å²) >= 11 is 0. The van der Waals surface area contributed by atoms with Gasteiger partial charge in [0.2, 0.25) is 0 Å². The van der Waals surface area contributed by atoms with Crippen LogP contribution in [0, 0.1) is 6.92 Å². The fourth-order valence-electron chi connectivity index (χ4n) is 1.50. The van der Waals surface area contributed by atoms with Crippen molar-refractivity contribution >= 4 is 5.78 Å². The molecule has 82 valence electrons. The van der Waals surface area contributed by atoms with Gasteiger partial charge in [0, 0.05) is 5.56 Å². The summed E-state index contributed by atoms with van der Waals surface area (Å²) in [5, 5.41) is 0. The molecule has 2 nitrogen and oxygen atoms in total. The maximum Gasteiger partial charge on any atom is 0.176 e. The van der Waals surface area contributed by atoms with Crippen LogP contribution >= 0.6 is 0 Å². The van der Waals surface area contributed by atoms with E-state index < -0.39 is 0 Å². The summed E-state index contributed by atoms with van der Waals surface area (Å²) in [6, 6.07) is 6.02. The molecule has 0 aromatic heterocycles. The van der Waals surface area contributed by atoms with E-state index in [1.807, 2.05) is 19.1 Å². The van der Waals surface area contributed by atoms with E-state index in [4.69, 9.17) is 5.73 Å². The van der Waals surface area contributed by atoms with Gasteiger partial charge in [0.15, 0.2) is 5.78 Å². The first-order chi connectivity index (χ1) is 6.86. The summed E-state index contributed by atoms with van der Waals surface area (Å²) in [5.74, 6) is 0.0126. The molecule has 0 heterocycles. The van der Waals surface area contributed by atoms with Crippen molar-refractivity contribution in [2.75, 3.05) is 6.54 Å². The third-order valence-corrected chi connectivity index (χ3v) is 2.59. The SMILES string of the molecule is Cc1ccc(C(C)(C)C)cc1C(=O)CN. The van der Waals surface area contributed by atoms with E-state index in [9.17, 15) is 4.79 Å². The Balaban J connectivity index is 3.23. The highest BCUT2D eigenvalue weighted by Gasteiger charge is 2.16. The fraction of sp³-hybridized carbons (Fsp3) is 0.462. The van der Waals surface area contributed by atoms with Gasteiger partial charge in [-0.1, -0.05) is 32.9 Å². The van der Waals surface area contributed by atoms with Crippen LogP contribution in [0.3, 0.4) is 0 Å². The minimum Gasteiger partial charge on any atom is -0.324 e. The Bertz CT molecular complexity index is 375. The van der Waals surface area contributed by atoms with Gasteiger partial charge in [-0.05, 0) is 29.5 Å². The number of aryl methyl sites for hydroxylation is 1. The molecule has 1 rings (SSSR count). The maximum atomic E-state index is 11.6. The Morgan fingerprint density at radius 2 is 1.93 bits per heavy atom.